The van der Waals surface area contributed by atoms with Crippen LogP contribution < -0.4 is 14.8 Å². The summed E-state index contributed by atoms with van der Waals surface area (Å²) < 4.78 is 10.9. The molecule has 0 spiro atoms. The number of hydrogen-bond donors (Lipinski definition) is 2. The van der Waals surface area contributed by atoms with Gasteiger partial charge in [-0.3, -0.25) is 9.59 Å². The molecule has 0 bridgehead atoms. The number of methoxy groups -OCH3 is 2. The van der Waals surface area contributed by atoms with Crippen LogP contribution in [0.3, 0.4) is 0 Å². The lowest BCUT2D eigenvalue weighted by Gasteiger charge is -2.15. The minimum Gasteiger partial charge on any atom is -0.507 e. The minimum atomic E-state index is -0.192. The third-order valence-corrected chi connectivity index (χ3v) is 5.60. The molecule has 1 aliphatic heterocycles. The van der Waals surface area contributed by atoms with Gasteiger partial charge < -0.3 is 19.9 Å². The van der Waals surface area contributed by atoms with Gasteiger partial charge in [-0.1, -0.05) is 24.3 Å². The van der Waals surface area contributed by atoms with E-state index in [2.05, 4.69) is 10.4 Å². The molecule has 4 rings (SSSR count). The Morgan fingerprint density at radius 1 is 0.971 bits per heavy atom. The first-order valence-corrected chi connectivity index (χ1v) is 10.6. The molecule has 0 fully saturated rings. The van der Waals surface area contributed by atoms with Gasteiger partial charge in [0, 0.05) is 36.3 Å². The monoisotopic (exact) mass is 459 g/mol. The van der Waals surface area contributed by atoms with Gasteiger partial charge in [-0.05, 0) is 41.5 Å². The maximum Gasteiger partial charge on any atom is 0.246 e. The van der Waals surface area contributed by atoms with Crippen molar-refractivity contribution < 1.29 is 24.2 Å². The van der Waals surface area contributed by atoms with E-state index in [-0.39, 0.29) is 24.0 Å². The number of likely N-dealkylation sites (N-methyl/N-ethyl adjacent to an activating group) is 1. The highest BCUT2D eigenvalue weighted by Crippen LogP contribution is 2.35. The number of nitrogens with one attached hydrogen (secondary N) is 1. The molecule has 2 N–H and O–H groups in total. The molecule has 8 nitrogen and oxygen atoms in total. The third-order valence-electron chi connectivity index (χ3n) is 5.60. The number of carbonyl (C=O) groups excluding carboxylic acids is 2. The molecular weight excluding hydrogens is 434 g/mol. The Kier molecular flexibility index (Phi) is 6.23. The largest absolute Gasteiger partial charge is 0.507 e. The van der Waals surface area contributed by atoms with Crippen LogP contribution in [0.1, 0.15) is 23.6 Å². The molecule has 0 atom stereocenters. The summed E-state index contributed by atoms with van der Waals surface area (Å²) in [5, 5.41) is 19.0. The lowest BCUT2D eigenvalue weighted by atomic mass is 9.94. The normalized spacial score (nSPS) is 13.0. The quantitative estimate of drug-likeness (QED) is 0.566. The molecule has 0 unspecified atom stereocenters. The van der Waals surface area contributed by atoms with Gasteiger partial charge in [0.05, 0.1) is 26.4 Å². The maximum absolute atomic E-state index is 12.6. The van der Waals surface area contributed by atoms with Crippen LogP contribution in [0.15, 0.2) is 59.7 Å². The smallest absolute Gasteiger partial charge is 0.246 e. The van der Waals surface area contributed by atoms with E-state index >= 15 is 0 Å². The van der Waals surface area contributed by atoms with Crippen LogP contribution in [-0.4, -0.2) is 48.9 Å². The van der Waals surface area contributed by atoms with Crippen LogP contribution in [-0.2, 0) is 16.0 Å². The standard InChI is InChI=1S/C26H25N3O5/c1-15(30)27-19-9-10-22(31)20(13-19)16-5-7-17(8-6-16)26-21-14-24(34-4)23(33-3)11-18(21)12-25(32)29(2)28-26/h5-11,13-14,31H,12H2,1-4H3,(H,27,30). The van der Waals surface area contributed by atoms with E-state index in [1.54, 1.807) is 45.5 Å². The number of fused-ring (bicyclic) bond motifs is 1. The number of anilines is 1. The second-order valence-electron chi connectivity index (χ2n) is 7.90. The van der Waals surface area contributed by atoms with Crippen molar-refractivity contribution in [3.05, 3.63) is 71.3 Å². The molecule has 0 aliphatic carbocycles. The van der Waals surface area contributed by atoms with Gasteiger partial charge in [0.25, 0.3) is 0 Å². The summed E-state index contributed by atoms with van der Waals surface area (Å²) in [5.74, 6) is 0.855. The van der Waals surface area contributed by atoms with Crippen molar-refractivity contribution in [3.63, 3.8) is 0 Å². The molecule has 0 saturated heterocycles. The van der Waals surface area contributed by atoms with Crippen molar-refractivity contribution in [1.82, 2.24) is 5.01 Å². The molecule has 8 heteroatoms. The van der Waals surface area contributed by atoms with Crippen molar-refractivity contribution in [2.45, 2.75) is 13.3 Å². The molecular formula is C26H25N3O5. The van der Waals surface area contributed by atoms with Crippen LogP contribution >= 0.6 is 0 Å². The number of phenolic OH excluding ortho intramolecular Hbond substituents is 1. The van der Waals surface area contributed by atoms with E-state index in [1.165, 1.54) is 11.9 Å². The summed E-state index contributed by atoms with van der Waals surface area (Å²) in [4.78, 5) is 24.0. The third kappa shape index (κ3) is 4.43. The van der Waals surface area contributed by atoms with Crippen molar-refractivity contribution >= 4 is 23.2 Å². The number of hydrazone groups is 1. The van der Waals surface area contributed by atoms with E-state index in [4.69, 9.17) is 9.47 Å². The fourth-order valence-corrected chi connectivity index (χ4v) is 3.89. The fourth-order valence-electron chi connectivity index (χ4n) is 3.89. The first-order chi connectivity index (χ1) is 16.3. The van der Waals surface area contributed by atoms with Crippen LogP contribution in [0.5, 0.6) is 17.2 Å². The topological polar surface area (TPSA) is 100 Å². The number of aromatic hydroxyl groups is 1. The van der Waals surface area contributed by atoms with E-state index in [9.17, 15) is 14.7 Å². The molecule has 174 valence electrons. The Morgan fingerprint density at radius 3 is 2.26 bits per heavy atom. The zero-order valence-electron chi connectivity index (χ0n) is 19.4. The van der Waals surface area contributed by atoms with Gasteiger partial charge >= 0.3 is 0 Å². The molecule has 3 aromatic rings. The summed E-state index contributed by atoms with van der Waals surface area (Å²) in [6.45, 7) is 1.43. The predicted molar refractivity (Wildman–Crippen MR) is 130 cm³/mol. The first kappa shape index (κ1) is 22.8. The summed E-state index contributed by atoms with van der Waals surface area (Å²) in [7, 11) is 4.74. The van der Waals surface area contributed by atoms with Gasteiger partial charge in [-0.2, -0.15) is 5.10 Å². The molecule has 0 aromatic heterocycles. The summed E-state index contributed by atoms with van der Waals surface area (Å²) >= 11 is 0. The highest BCUT2D eigenvalue weighted by Gasteiger charge is 2.24. The van der Waals surface area contributed by atoms with Crippen molar-refractivity contribution in [3.8, 4) is 28.4 Å². The Balaban J connectivity index is 1.78. The SMILES string of the molecule is COc1cc2c(cc1OC)C(c1ccc(-c3cc(NC(C)=O)ccc3O)cc1)=NN(C)C(=O)C2. The Hall–Kier alpha value is -4.33. The van der Waals surface area contributed by atoms with Crippen molar-refractivity contribution in [2.75, 3.05) is 26.6 Å². The lowest BCUT2D eigenvalue weighted by molar-refractivity contribution is -0.129. The first-order valence-electron chi connectivity index (χ1n) is 10.6. The van der Waals surface area contributed by atoms with Gasteiger partial charge in [-0.15, -0.1) is 0 Å². The number of rotatable bonds is 5. The van der Waals surface area contributed by atoms with Gasteiger partial charge in [0.2, 0.25) is 11.8 Å². The highest BCUT2D eigenvalue weighted by atomic mass is 16.5. The molecule has 1 aliphatic rings. The number of benzene rings is 3. The van der Waals surface area contributed by atoms with Crippen LogP contribution in [0.2, 0.25) is 0 Å². The number of nitrogens with zero attached hydrogens (tertiary/aromatic N) is 2. The molecule has 3 aromatic carbocycles. The van der Waals surface area contributed by atoms with Gasteiger partial charge in [0.1, 0.15) is 5.75 Å². The minimum absolute atomic E-state index is 0.0983. The molecule has 0 radical (unpaired) electrons. The van der Waals surface area contributed by atoms with E-state index in [0.29, 0.717) is 28.5 Å². The number of amides is 2. The maximum atomic E-state index is 12.6. The summed E-state index contributed by atoms with van der Waals surface area (Å²) in [5.41, 5.74) is 4.91. The Morgan fingerprint density at radius 2 is 1.62 bits per heavy atom. The van der Waals surface area contributed by atoms with Crippen LogP contribution in [0.25, 0.3) is 11.1 Å². The Labute approximate surface area is 197 Å². The lowest BCUT2D eigenvalue weighted by Crippen LogP contribution is -2.22. The van der Waals surface area contributed by atoms with Crippen LogP contribution in [0, 0.1) is 0 Å². The molecule has 0 saturated carbocycles. The van der Waals surface area contributed by atoms with E-state index in [1.807, 2.05) is 30.3 Å². The van der Waals surface area contributed by atoms with Gasteiger partial charge in [0.15, 0.2) is 11.5 Å². The van der Waals surface area contributed by atoms with E-state index < -0.39 is 0 Å². The number of hydrogen-bond acceptors (Lipinski definition) is 6. The van der Waals surface area contributed by atoms with E-state index in [0.717, 1.165) is 22.3 Å². The van der Waals surface area contributed by atoms with Crippen molar-refractivity contribution in [1.29, 1.82) is 0 Å². The molecule has 34 heavy (non-hydrogen) atoms. The zero-order chi connectivity index (χ0) is 24.4. The highest BCUT2D eigenvalue weighted by molar-refractivity contribution is 6.15. The predicted octanol–water partition coefficient (Wildman–Crippen LogP) is 3.80. The van der Waals surface area contributed by atoms with Crippen LogP contribution in [0.4, 0.5) is 5.69 Å². The fraction of sp³-hybridized carbons (Fsp3) is 0.192. The molecule has 1 heterocycles. The molecule has 2 amide bonds. The number of phenols is 1. The summed E-state index contributed by atoms with van der Waals surface area (Å²) in [6, 6.07) is 16.0. The zero-order valence-corrected chi connectivity index (χ0v) is 19.4. The second-order valence-corrected chi connectivity index (χ2v) is 7.90. The number of carbonyl (C=O) groups is 2. The number of ether oxygens (including phenoxy) is 2. The Bertz CT molecular complexity index is 1300. The average Bonchev–Trinajstić information content (AvgIpc) is 2.94. The van der Waals surface area contributed by atoms with Gasteiger partial charge in [-0.25, -0.2) is 5.01 Å². The van der Waals surface area contributed by atoms with Crippen molar-refractivity contribution in [2.24, 2.45) is 5.10 Å². The summed E-state index contributed by atoms with van der Waals surface area (Å²) in [6.07, 6.45) is 0.182. The average molecular weight is 460 g/mol. The second kappa shape index (κ2) is 9.27.